The Kier molecular flexibility index (Phi) is 2.20. The van der Waals surface area contributed by atoms with Crippen LogP contribution in [0.4, 0.5) is 11.4 Å². The molecule has 1 aromatic rings. The van der Waals surface area contributed by atoms with Gasteiger partial charge in [-0.25, -0.2) is 0 Å². The number of nitrogens with zero attached hydrogens (tertiary/aromatic N) is 2. The van der Waals surface area contributed by atoms with Gasteiger partial charge in [0.25, 0.3) is 0 Å². The van der Waals surface area contributed by atoms with Crippen molar-refractivity contribution in [3.8, 4) is 6.07 Å². The van der Waals surface area contributed by atoms with Gasteiger partial charge in [-0.1, -0.05) is 0 Å². The van der Waals surface area contributed by atoms with E-state index in [9.17, 15) is 0 Å². The number of hydrogen-bond acceptors (Lipinski definition) is 3. The summed E-state index contributed by atoms with van der Waals surface area (Å²) in [7, 11) is 3.79. The molecule has 12 heavy (non-hydrogen) atoms. The summed E-state index contributed by atoms with van der Waals surface area (Å²) in [6.45, 7) is 0. The lowest BCUT2D eigenvalue weighted by Crippen LogP contribution is -2.11. The molecule has 0 radical (unpaired) electrons. The van der Waals surface area contributed by atoms with Gasteiger partial charge in [-0.3, -0.25) is 0 Å². The maximum absolute atomic E-state index is 8.63. The normalized spacial score (nSPS) is 9.08. The lowest BCUT2D eigenvalue weighted by Gasteiger charge is -2.14. The second-order valence-corrected chi connectivity index (χ2v) is 2.78. The summed E-state index contributed by atoms with van der Waals surface area (Å²) in [5.41, 5.74) is 7.90. The summed E-state index contributed by atoms with van der Waals surface area (Å²) < 4.78 is 0. The first kappa shape index (κ1) is 8.41. The number of nitrogens with two attached hydrogens (primary N) is 1. The molecule has 62 valence electrons. The number of nitrogen functional groups attached to an aromatic ring is 1. The van der Waals surface area contributed by atoms with E-state index in [-0.39, 0.29) is 0 Å². The van der Waals surface area contributed by atoms with Crippen LogP contribution in [0.5, 0.6) is 0 Å². The van der Waals surface area contributed by atoms with Crippen molar-refractivity contribution < 1.29 is 0 Å². The summed E-state index contributed by atoms with van der Waals surface area (Å²) in [4.78, 5) is 1.89. The third-order valence-corrected chi connectivity index (χ3v) is 1.64. The summed E-state index contributed by atoms with van der Waals surface area (Å²) in [6, 6.07) is 7.29. The Hall–Kier alpha value is -1.69. The number of nitriles is 1. The first-order chi connectivity index (χ1) is 5.65. The summed E-state index contributed by atoms with van der Waals surface area (Å²) in [6.07, 6.45) is 0. The lowest BCUT2D eigenvalue weighted by atomic mass is 10.2. The van der Waals surface area contributed by atoms with Crippen molar-refractivity contribution in [2.75, 3.05) is 24.7 Å². The van der Waals surface area contributed by atoms with Crippen molar-refractivity contribution in [2.24, 2.45) is 0 Å². The average molecular weight is 161 g/mol. The lowest BCUT2D eigenvalue weighted by molar-refractivity contribution is 1.13. The second kappa shape index (κ2) is 3.14. The highest BCUT2D eigenvalue weighted by Gasteiger charge is 2.01. The molecule has 0 spiro atoms. The molecule has 0 aliphatic carbocycles. The molecule has 0 aliphatic heterocycles. The molecule has 0 bridgehead atoms. The zero-order valence-electron chi connectivity index (χ0n) is 7.20. The van der Waals surface area contributed by atoms with Crippen LogP contribution in [-0.4, -0.2) is 14.1 Å². The molecule has 0 unspecified atom stereocenters. The number of anilines is 2. The van der Waals surface area contributed by atoms with Gasteiger partial charge >= 0.3 is 0 Å². The fraction of sp³-hybridized carbons (Fsp3) is 0.222. The van der Waals surface area contributed by atoms with Gasteiger partial charge in [0.15, 0.2) is 0 Å². The zero-order valence-corrected chi connectivity index (χ0v) is 7.20. The van der Waals surface area contributed by atoms with E-state index < -0.39 is 0 Å². The SMILES string of the molecule is CN(C)c1cc(C#N)ccc1N. The smallest absolute Gasteiger partial charge is 0.0992 e. The van der Waals surface area contributed by atoms with Gasteiger partial charge in [0.05, 0.1) is 23.0 Å². The van der Waals surface area contributed by atoms with Crippen LogP contribution in [-0.2, 0) is 0 Å². The van der Waals surface area contributed by atoms with Gasteiger partial charge in [0.1, 0.15) is 0 Å². The first-order valence-corrected chi connectivity index (χ1v) is 3.62. The molecule has 0 amide bonds. The van der Waals surface area contributed by atoms with Crippen molar-refractivity contribution in [2.45, 2.75) is 0 Å². The maximum Gasteiger partial charge on any atom is 0.0992 e. The molecule has 0 fully saturated rings. The van der Waals surface area contributed by atoms with Crippen LogP contribution in [0.25, 0.3) is 0 Å². The van der Waals surface area contributed by atoms with E-state index in [1.165, 1.54) is 0 Å². The van der Waals surface area contributed by atoms with Gasteiger partial charge in [-0.2, -0.15) is 5.26 Å². The Morgan fingerprint density at radius 2 is 2.08 bits per heavy atom. The van der Waals surface area contributed by atoms with E-state index in [1.54, 1.807) is 18.2 Å². The van der Waals surface area contributed by atoms with Crippen LogP contribution < -0.4 is 10.6 Å². The van der Waals surface area contributed by atoms with Crippen LogP contribution in [0.3, 0.4) is 0 Å². The van der Waals surface area contributed by atoms with Crippen molar-refractivity contribution in [3.63, 3.8) is 0 Å². The third kappa shape index (κ3) is 1.48. The van der Waals surface area contributed by atoms with E-state index >= 15 is 0 Å². The number of hydrogen-bond donors (Lipinski definition) is 1. The highest BCUT2D eigenvalue weighted by Crippen LogP contribution is 2.21. The summed E-state index contributed by atoms with van der Waals surface area (Å²) >= 11 is 0. The Morgan fingerprint density at radius 3 is 2.58 bits per heavy atom. The van der Waals surface area contributed by atoms with Crippen LogP contribution in [0.1, 0.15) is 5.56 Å². The molecule has 3 nitrogen and oxygen atoms in total. The Bertz CT molecular complexity index is 323. The predicted molar refractivity (Wildman–Crippen MR) is 49.9 cm³/mol. The minimum Gasteiger partial charge on any atom is -0.397 e. The maximum atomic E-state index is 8.63. The van der Waals surface area contributed by atoms with Crippen molar-refractivity contribution in [3.05, 3.63) is 23.8 Å². The third-order valence-electron chi connectivity index (χ3n) is 1.64. The summed E-state index contributed by atoms with van der Waals surface area (Å²) in [5, 5.41) is 8.63. The topological polar surface area (TPSA) is 53.0 Å². The van der Waals surface area contributed by atoms with E-state index in [1.807, 2.05) is 19.0 Å². The monoisotopic (exact) mass is 161 g/mol. The van der Waals surface area contributed by atoms with Crippen LogP contribution in [0.2, 0.25) is 0 Å². The van der Waals surface area contributed by atoms with Gasteiger partial charge in [0.2, 0.25) is 0 Å². The average Bonchev–Trinajstić information content (AvgIpc) is 2.05. The largest absolute Gasteiger partial charge is 0.397 e. The fourth-order valence-electron chi connectivity index (χ4n) is 1.00. The Labute approximate surface area is 72.0 Å². The number of benzene rings is 1. The Balaban J connectivity index is 3.19. The van der Waals surface area contributed by atoms with Gasteiger partial charge in [-0.05, 0) is 18.2 Å². The molecule has 0 heterocycles. The minimum atomic E-state index is 0.632. The molecule has 0 aliphatic rings. The first-order valence-electron chi connectivity index (χ1n) is 3.62. The molecule has 0 saturated heterocycles. The van der Waals surface area contributed by atoms with Crippen molar-refractivity contribution >= 4 is 11.4 Å². The van der Waals surface area contributed by atoms with Crippen molar-refractivity contribution in [1.29, 1.82) is 5.26 Å². The molecule has 0 saturated carbocycles. The van der Waals surface area contributed by atoms with Crippen LogP contribution in [0, 0.1) is 11.3 Å². The zero-order chi connectivity index (χ0) is 9.14. The van der Waals surface area contributed by atoms with E-state index in [4.69, 9.17) is 11.0 Å². The highest BCUT2D eigenvalue weighted by molar-refractivity contribution is 5.68. The van der Waals surface area contributed by atoms with E-state index in [0.29, 0.717) is 11.3 Å². The molecular weight excluding hydrogens is 150 g/mol. The molecule has 1 rings (SSSR count). The van der Waals surface area contributed by atoms with E-state index in [0.717, 1.165) is 5.69 Å². The predicted octanol–water partition coefficient (Wildman–Crippen LogP) is 1.21. The fourth-order valence-corrected chi connectivity index (χ4v) is 1.00. The quantitative estimate of drug-likeness (QED) is 0.630. The molecule has 0 atom stereocenters. The minimum absolute atomic E-state index is 0.632. The van der Waals surface area contributed by atoms with Crippen molar-refractivity contribution in [1.82, 2.24) is 0 Å². The molecule has 0 aromatic heterocycles. The van der Waals surface area contributed by atoms with Gasteiger partial charge in [-0.15, -0.1) is 0 Å². The summed E-state index contributed by atoms with van der Waals surface area (Å²) in [5.74, 6) is 0. The van der Waals surface area contributed by atoms with Crippen LogP contribution in [0.15, 0.2) is 18.2 Å². The number of rotatable bonds is 1. The van der Waals surface area contributed by atoms with Gasteiger partial charge < -0.3 is 10.6 Å². The Morgan fingerprint density at radius 1 is 1.42 bits per heavy atom. The highest BCUT2D eigenvalue weighted by atomic mass is 15.1. The second-order valence-electron chi connectivity index (χ2n) is 2.78. The van der Waals surface area contributed by atoms with Crippen LogP contribution >= 0.6 is 0 Å². The molecular formula is C9H11N3. The standard InChI is InChI=1S/C9H11N3/c1-12(2)9-5-7(6-10)3-4-8(9)11/h3-5H,11H2,1-2H3. The molecule has 3 heteroatoms. The molecule has 2 N–H and O–H groups in total. The van der Waals surface area contributed by atoms with E-state index in [2.05, 4.69) is 6.07 Å². The molecule has 1 aromatic carbocycles. The van der Waals surface area contributed by atoms with Gasteiger partial charge in [0, 0.05) is 14.1 Å².